The lowest BCUT2D eigenvalue weighted by Gasteiger charge is -2.29. The van der Waals surface area contributed by atoms with Crippen LogP contribution in [0.3, 0.4) is 0 Å². The van der Waals surface area contributed by atoms with Gasteiger partial charge in [-0.05, 0) is 36.2 Å². The zero-order chi connectivity index (χ0) is 15.4. The Morgan fingerprint density at radius 1 is 1.29 bits per heavy atom. The summed E-state index contributed by atoms with van der Waals surface area (Å²) in [7, 11) is 0. The van der Waals surface area contributed by atoms with Gasteiger partial charge >= 0.3 is 0 Å². The Balaban J connectivity index is 2.17. The molecule has 2 rings (SSSR count). The molecular weight excluding hydrogens is 334 g/mol. The van der Waals surface area contributed by atoms with Crippen LogP contribution in [-0.4, -0.2) is 31.4 Å². The fourth-order valence-corrected chi connectivity index (χ4v) is 2.72. The van der Waals surface area contributed by atoms with Crippen LogP contribution in [0.4, 0.5) is 5.69 Å². The first kappa shape index (κ1) is 16.0. The van der Waals surface area contributed by atoms with E-state index in [9.17, 15) is 9.59 Å². The Hall–Kier alpha value is -1.40. The summed E-state index contributed by atoms with van der Waals surface area (Å²) >= 11 is 3.47. The molecule has 1 aromatic rings. The van der Waals surface area contributed by atoms with Crippen molar-refractivity contribution >= 4 is 33.4 Å². The summed E-state index contributed by atoms with van der Waals surface area (Å²) in [6.45, 7) is 6.37. The van der Waals surface area contributed by atoms with Gasteiger partial charge in [-0.15, -0.1) is 0 Å². The van der Waals surface area contributed by atoms with Crippen molar-refractivity contribution in [3.05, 3.63) is 28.2 Å². The number of piperazine rings is 1. The number of carbonyl (C=O) groups is 2. The number of rotatable bonds is 5. The molecule has 2 N–H and O–H groups in total. The van der Waals surface area contributed by atoms with Gasteiger partial charge < -0.3 is 10.2 Å². The van der Waals surface area contributed by atoms with Crippen molar-refractivity contribution < 1.29 is 9.59 Å². The van der Waals surface area contributed by atoms with E-state index in [2.05, 4.69) is 40.4 Å². The molecule has 2 amide bonds. The summed E-state index contributed by atoms with van der Waals surface area (Å²) in [5.41, 5.74) is 2.00. The second kappa shape index (κ2) is 7.04. The fraction of sp³-hybridized carbons (Fsp3) is 0.467. The average molecular weight is 354 g/mol. The Labute approximate surface area is 133 Å². The molecular formula is C15H20BrN3O2. The van der Waals surface area contributed by atoms with Crippen LogP contribution in [0.2, 0.25) is 0 Å². The monoisotopic (exact) mass is 353 g/mol. The van der Waals surface area contributed by atoms with Crippen LogP contribution >= 0.6 is 15.9 Å². The molecule has 0 aliphatic carbocycles. The van der Waals surface area contributed by atoms with Gasteiger partial charge in [0.15, 0.2) is 0 Å². The van der Waals surface area contributed by atoms with Crippen molar-refractivity contribution in [2.45, 2.75) is 20.4 Å². The molecule has 0 bridgehead atoms. The van der Waals surface area contributed by atoms with E-state index in [0.29, 0.717) is 12.5 Å². The van der Waals surface area contributed by atoms with E-state index in [1.165, 1.54) is 0 Å². The van der Waals surface area contributed by atoms with Crippen LogP contribution in [0.1, 0.15) is 19.4 Å². The number of hydrogen-bond acceptors (Lipinski definition) is 4. The predicted molar refractivity (Wildman–Crippen MR) is 86.0 cm³/mol. The lowest BCUT2D eigenvalue weighted by Crippen LogP contribution is -2.51. The van der Waals surface area contributed by atoms with Gasteiger partial charge in [-0.25, -0.2) is 0 Å². The van der Waals surface area contributed by atoms with E-state index in [0.717, 1.165) is 22.3 Å². The minimum atomic E-state index is -0.254. The van der Waals surface area contributed by atoms with Gasteiger partial charge in [0.2, 0.25) is 11.8 Å². The molecule has 6 heteroatoms. The number of anilines is 1. The Morgan fingerprint density at radius 2 is 1.95 bits per heavy atom. The Bertz CT molecular complexity index is 530. The van der Waals surface area contributed by atoms with Crippen LogP contribution in [0.15, 0.2) is 22.7 Å². The molecule has 114 valence electrons. The smallest absolute Gasteiger partial charge is 0.246 e. The average Bonchev–Trinajstić information content (AvgIpc) is 2.37. The number of hydrogen-bond donors (Lipinski definition) is 2. The molecule has 1 saturated heterocycles. The summed E-state index contributed by atoms with van der Waals surface area (Å²) in [4.78, 5) is 24.9. The van der Waals surface area contributed by atoms with E-state index < -0.39 is 0 Å². The number of carbonyl (C=O) groups excluding carboxylic acids is 2. The highest BCUT2D eigenvalue weighted by atomic mass is 79.9. The van der Waals surface area contributed by atoms with Crippen molar-refractivity contribution in [1.82, 2.24) is 10.6 Å². The van der Waals surface area contributed by atoms with Gasteiger partial charge in [0.25, 0.3) is 0 Å². The molecule has 1 aromatic carbocycles. The molecule has 0 spiro atoms. The van der Waals surface area contributed by atoms with E-state index in [-0.39, 0.29) is 24.9 Å². The summed E-state index contributed by atoms with van der Waals surface area (Å²) in [5.74, 6) is 0.0634. The van der Waals surface area contributed by atoms with E-state index in [4.69, 9.17) is 0 Å². The molecule has 0 unspecified atom stereocenters. The highest BCUT2D eigenvalue weighted by molar-refractivity contribution is 9.10. The third-order valence-electron chi connectivity index (χ3n) is 3.20. The normalized spacial score (nSPS) is 15.5. The fourth-order valence-electron chi connectivity index (χ4n) is 2.31. The topological polar surface area (TPSA) is 61.4 Å². The molecule has 21 heavy (non-hydrogen) atoms. The Kier molecular flexibility index (Phi) is 5.36. The van der Waals surface area contributed by atoms with Crippen LogP contribution < -0.4 is 15.5 Å². The first-order valence-electron chi connectivity index (χ1n) is 7.02. The van der Waals surface area contributed by atoms with E-state index in [1.54, 1.807) is 0 Å². The van der Waals surface area contributed by atoms with Crippen LogP contribution in [-0.2, 0) is 16.1 Å². The summed E-state index contributed by atoms with van der Waals surface area (Å²) in [5, 5.41) is 5.72. The van der Waals surface area contributed by atoms with E-state index in [1.807, 2.05) is 23.1 Å². The minimum absolute atomic E-state index is 0.213. The third-order valence-corrected chi connectivity index (χ3v) is 3.69. The van der Waals surface area contributed by atoms with Crippen LogP contribution in [0.5, 0.6) is 0 Å². The van der Waals surface area contributed by atoms with Crippen molar-refractivity contribution in [3.8, 4) is 0 Å². The largest absolute Gasteiger partial charge is 0.353 e. The quantitative estimate of drug-likeness (QED) is 0.790. The second-order valence-electron chi connectivity index (χ2n) is 5.63. The Morgan fingerprint density at radius 3 is 2.57 bits per heavy atom. The van der Waals surface area contributed by atoms with Gasteiger partial charge in [-0.2, -0.15) is 0 Å². The maximum atomic E-state index is 11.5. The molecule has 1 aliphatic rings. The molecule has 0 atom stereocenters. The molecule has 5 nitrogen and oxygen atoms in total. The number of nitrogens with one attached hydrogen (secondary N) is 2. The SMILES string of the molecule is CC(C)CNCc1cc(Br)ccc1N1CC(=O)NC(=O)C1. The number of benzene rings is 1. The first-order valence-corrected chi connectivity index (χ1v) is 7.82. The molecule has 1 aliphatic heterocycles. The molecule has 0 aromatic heterocycles. The maximum absolute atomic E-state index is 11.5. The number of halogens is 1. The van der Waals surface area contributed by atoms with Gasteiger partial charge in [0, 0.05) is 16.7 Å². The lowest BCUT2D eigenvalue weighted by molar-refractivity contribution is -0.130. The lowest BCUT2D eigenvalue weighted by atomic mass is 10.1. The van der Waals surface area contributed by atoms with Gasteiger partial charge in [-0.3, -0.25) is 14.9 Å². The predicted octanol–water partition coefficient (Wildman–Crippen LogP) is 1.66. The summed E-state index contributed by atoms with van der Waals surface area (Å²) < 4.78 is 0.986. The molecule has 1 heterocycles. The van der Waals surface area contributed by atoms with Crippen molar-refractivity contribution in [1.29, 1.82) is 0 Å². The van der Waals surface area contributed by atoms with Gasteiger partial charge in [-0.1, -0.05) is 29.8 Å². The van der Waals surface area contributed by atoms with Crippen molar-refractivity contribution in [2.24, 2.45) is 5.92 Å². The standard InChI is InChI=1S/C15H20BrN3O2/c1-10(2)6-17-7-11-5-12(16)3-4-13(11)19-8-14(20)18-15(21)9-19/h3-5,10,17H,6-9H2,1-2H3,(H,18,20,21). The number of imide groups is 1. The molecule has 1 fully saturated rings. The third kappa shape index (κ3) is 4.54. The highest BCUT2D eigenvalue weighted by Crippen LogP contribution is 2.25. The maximum Gasteiger partial charge on any atom is 0.246 e. The van der Waals surface area contributed by atoms with Gasteiger partial charge in [0.05, 0.1) is 13.1 Å². The van der Waals surface area contributed by atoms with Crippen LogP contribution in [0, 0.1) is 5.92 Å². The van der Waals surface area contributed by atoms with Gasteiger partial charge in [0.1, 0.15) is 0 Å². The zero-order valence-electron chi connectivity index (χ0n) is 12.3. The highest BCUT2D eigenvalue weighted by Gasteiger charge is 2.24. The van der Waals surface area contributed by atoms with Crippen molar-refractivity contribution in [2.75, 3.05) is 24.5 Å². The van der Waals surface area contributed by atoms with Crippen molar-refractivity contribution in [3.63, 3.8) is 0 Å². The number of nitrogens with zero attached hydrogens (tertiary/aromatic N) is 1. The molecule has 0 saturated carbocycles. The minimum Gasteiger partial charge on any atom is -0.353 e. The summed E-state index contributed by atoms with van der Waals surface area (Å²) in [6, 6.07) is 5.90. The van der Waals surface area contributed by atoms with E-state index >= 15 is 0 Å². The second-order valence-corrected chi connectivity index (χ2v) is 6.54. The van der Waals surface area contributed by atoms with Crippen LogP contribution in [0.25, 0.3) is 0 Å². The first-order chi connectivity index (χ1) is 9.95. The molecule has 0 radical (unpaired) electrons. The summed E-state index contributed by atoms with van der Waals surface area (Å²) in [6.07, 6.45) is 0. The zero-order valence-corrected chi connectivity index (χ0v) is 13.9. The number of amides is 2.